The Labute approximate surface area is 139 Å². The van der Waals surface area contributed by atoms with Gasteiger partial charge in [0.15, 0.2) is 0 Å². The van der Waals surface area contributed by atoms with E-state index < -0.39 is 0 Å². The van der Waals surface area contributed by atoms with Gasteiger partial charge >= 0.3 is 6.01 Å². The number of benzene rings is 1. The van der Waals surface area contributed by atoms with Gasteiger partial charge in [-0.3, -0.25) is 10.1 Å². The highest BCUT2D eigenvalue weighted by Gasteiger charge is 2.29. The van der Waals surface area contributed by atoms with Crippen LogP contribution < -0.4 is 5.32 Å². The molecule has 0 bridgehead atoms. The Morgan fingerprint density at radius 1 is 1.33 bits per heavy atom. The summed E-state index contributed by atoms with van der Waals surface area (Å²) in [7, 11) is 0. The highest BCUT2D eigenvalue weighted by molar-refractivity contribution is 6.02. The number of aromatic nitrogens is 3. The first-order valence-electron chi connectivity index (χ1n) is 8.16. The predicted octanol–water partition coefficient (Wildman–Crippen LogP) is 3.55. The maximum atomic E-state index is 12.7. The van der Waals surface area contributed by atoms with Crippen LogP contribution in [0.5, 0.6) is 0 Å². The molecule has 6 heteroatoms. The highest BCUT2D eigenvalue weighted by Crippen LogP contribution is 2.39. The topological polar surface area (TPSA) is 73.0 Å². The van der Waals surface area contributed by atoms with Crippen molar-refractivity contribution in [2.45, 2.75) is 32.1 Å². The van der Waals surface area contributed by atoms with Gasteiger partial charge in [-0.05, 0) is 31.0 Å². The largest absolute Gasteiger partial charge is 0.428 e. The zero-order chi connectivity index (χ0) is 16.5. The van der Waals surface area contributed by atoms with E-state index in [1.54, 1.807) is 10.9 Å². The summed E-state index contributed by atoms with van der Waals surface area (Å²) >= 11 is 0. The molecule has 1 aliphatic rings. The molecule has 24 heavy (non-hydrogen) atoms. The molecule has 3 aromatic rings. The minimum absolute atomic E-state index is 0.214. The first kappa shape index (κ1) is 14.7. The van der Waals surface area contributed by atoms with Crippen LogP contribution in [0.15, 0.2) is 47.0 Å². The van der Waals surface area contributed by atoms with Gasteiger partial charge in [-0.25, -0.2) is 9.67 Å². The molecule has 1 saturated carbocycles. The number of anilines is 1. The summed E-state index contributed by atoms with van der Waals surface area (Å²) in [5, 5.41) is 7.35. The second kappa shape index (κ2) is 5.96. The monoisotopic (exact) mass is 322 g/mol. The quantitative estimate of drug-likeness (QED) is 0.779. The van der Waals surface area contributed by atoms with E-state index in [1.807, 2.05) is 43.3 Å². The molecule has 0 aliphatic heterocycles. The normalized spacial score (nSPS) is 13.9. The lowest BCUT2D eigenvalue weighted by Crippen LogP contribution is -2.17. The first-order chi connectivity index (χ1) is 11.7. The molecule has 0 radical (unpaired) electrons. The maximum absolute atomic E-state index is 12.7. The van der Waals surface area contributed by atoms with Crippen molar-refractivity contribution in [1.82, 2.24) is 14.8 Å². The molecule has 0 atom stereocenters. The number of rotatable bonds is 5. The van der Waals surface area contributed by atoms with Gasteiger partial charge in [0.25, 0.3) is 5.91 Å². The summed E-state index contributed by atoms with van der Waals surface area (Å²) in [4.78, 5) is 16.8. The number of carbonyl (C=O) groups excluding carboxylic acids is 1. The van der Waals surface area contributed by atoms with E-state index in [1.165, 1.54) is 0 Å². The average Bonchev–Trinajstić information content (AvgIpc) is 3.20. The SMILES string of the molecule is CCc1cnc(NC(=O)c2cc(C3CC3)nn2-c2ccccc2)o1. The third-order valence-corrected chi connectivity index (χ3v) is 4.08. The molecule has 0 saturated heterocycles. The molecular weight excluding hydrogens is 304 g/mol. The number of aryl methyl sites for hydroxylation is 1. The van der Waals surface area contributed by atoms with Crippen LogP contribution in [0, 0.1) is 0 Å². The minimum Gasteiger partial charge on any atom is -0.428 e. The highest BCUT2D eigenvalue weighted by atomic mass is 16.4. The number of oxazole rings is 1. The summed E-state index contributed by atoms with van der Waals surface area (Å²) in [5.41, 5.74) is 2.31. The van der Waals surface area contributed by atoms with Crippen molar-refractivity contribution in [3.63, 3.8) is 0 Å². The van der Waals surface area contributed by atoms with Crippen molar-refractivity contribution < 1.29 is 9.21 Å². The first-order valence-corrected chi connectivity index (χ1v) is 8.16. The van der Waals surface area contributed by atoms with E-state index in [9.17, 15) is 4.79 Å². The van der Waals surface area contributed by atoms with Crippen LogP contribution in [0.2, 0.25) is 0 Å². The molecule has 1 fully saturated rings. The molecule has 2 heterocycles. The molecule has 1 N–H and O–H groups in total. The number of nitrogens with zero attached hydrogens (tertiary/aromatic N) is 3. The molecule has 0 unspecified atom stereocenters. The van der Waals surface area contributed by atoms with Crippen molar-refractivity contribution in [1.29, 1.82) is 0 Å². The van der Waals surface area contributed by atoms with Gasteiger partial charge in [0.05, 0.1) is 17.6 Å². The fraction of sp³-hybridized carbons (Fsp3) is 0.278. The Morgan fingerprint density at radius 2 is 2.12 bits per heavy atom. The van der Waals surface area contributed by atoms with Gasteiger partial charge in [0.1, 0.15) is 11.5 Å². The van der Waals surface area contributed by atoms with Crippen LogP contribution in [0.4, 0.5) is 6.01 Å². The number of hydrogen-bond acceptors (Lipinski definition) is 4. The van der Waals surface area contributed by atoms with Crippen LogP contribution in [-0.2, 0) is 6.42 Å². The van der Waals surface area contributed by atoms with E-state index in [0.717, 1.165) is 36.4 Å². The van der Waals surface area contributed by atoms with Crippen molar-refractivity contribution >= 4 is 11.9 Å². The average molecular weight is 322 g/mol. The van der Waals surface area contributed by atoms with E-state index >= 15 is 0 Å². The molecule has 1 amide bonds. The summed E-state index contributed by atoms with van der Waals surface area (Å²) < 4.78 is 7.15. The number of para-hydroxylation sites is 1. The molecule has 1 aromatic carbocycles. The van der Waals surface area contributed by atoms with E-state index in [-0.39, 0.29) is 11.9 Å². The zero-order valence-electron chi connectivity index (χ0n) is 13.4. The van der Waals surface area contributed by atoms with E-state index in [0.29, 0.717) is 11.6 Å². The van der Waals surface area contributed by atoms with Gasteiger partial charge < -0.3 is 4.42 Å². The Bertz CT molecular complexity index is 862. The lowest BCUT2D eigenvalue weighted by atomic mass is 10.2. The van der Waals surface area contributed by atoms with Crippen LogP contribution in [0.3, 0.4) is 0 Å². The van der Waals surface area contributed by atoms with Gasteiger partial charge in [-0.2, -0.15) is 5.10 Å². The van der Waals surface area contributed by atoms with Crippen LogP contribution in [-0.4, -0.2) is 20.7 Å². The molecule has 122 valence electrons. The summed E-state index contributed by atoms with van der Waals surface area (Å²) in [6.45, 7) is 1.97. The Hall–Kier alpha value is -2.89. The van der Waals surface area contributed by atoms with Crippen LogP contribution >= 0.6 is 0 Å². The molecule has 0 spiro atoms. The smallest absolute Gasteiger partial charge is 0.301 e. The van der Waals surface area contributed by atoms with Crippen LogP contribution in [0.25, 0.3) is 5.69 Å². The molecule has 2 aromatic heterocycles. The fourth-order valence-electron chi connectivity index (χ4n) is 2.60. The second-order valence-corrected chi connectivity index (χ2v) is 5.92. The van der Waals surface area contributed by atoms with Gasteiger partial charge in [-0.1, -0.05) is 25.1 Å². The lowest BCUT2D eigenvalue weighted by Gasteiger charge is -2.06. The van der Waals surface area contributed by atoms with Crippen molar-refractivity contribution in [3.05, 3.63) is 59.7 Å². The zero-order valence-corrected chi connectivity index (χ0v) is 13.4. The number of hydrogen-bond donors (Lipinski definition) is 1. The predicted molar refractivity (Wildman–Crippen MR) is 89.4 cm³/mol. The van der Waals surface area contributed by atoms with Crippen molar-refractivity contribution in [2.75, 3.05) is 5.32 Å². The molecule has 6 nitrogen and oxygen atoms in total. The number of nitrogens with one attached hydrogen (secondary N) is 1. The summed E-state index contributed by atoms with van der Waals surface area (Å²) in [5.74, 6) is 0.929. The minimum atomic E-state index is -0.275. The summed E-state index contributed by atoms with van der Waals surface area (Å²) in [6.07, 6.45) is 4.62. The number of amides is 1. The molecule has 1 aliphatic carbocycles. The third kappa shape index (κ3) is 2.82. The van der Waals surface area contributed by atoms with E-state index in [4.69, 9.17) is 4.42 Å². The maximum Gasteiger partial charge on any atom is 0.301 e. The molecule has 4 rings (SSSR count). The van der Waals surface area contributed by atoms with Crippen molar-refractivity contribution in [2.24, 2.45) is 0 Å². The van der Waals surface area contributed by atoms with Gasteiger partial charge in [-0.15, -0.1) is 0 Å². The standard InChI is InChI=1S/C18H18N4O2/c1-2-14-11-19-18(24-14)20-17(23)16-10-15(12-8-9-12)21-22(16)13-6-4-3-5-7-13/h3-7,10-12H,2,8-9H2,1H3,(H,19,20,23). The fourth-order valence-corrected chi connectivity index (χ4v) is 2.60. The molecular formula is C18H18N4O2. The third-order valence-electron chi connectivity index (χ3n) is 4.08. The Kier molecular flexibility index (Phi) is 3.65. The van der Waals surface area contributed by atoms with Crippen molar-refractivity contribution in [3.8, 4) is 5.69 Å². The van der Waals surface area contributed by atoms with E-state index in [2.05, 4.69) is 15.4 Å². The Balaban J connectivity index is 1.66. The van der Waals surface area contributed by atoms with Gasteiger partial charge in [0, 0.05) is 12.3 Å². The lowest BCUT2D eigenvalue weighted by molar-refractivity contribution is 0.101. The number of carbonyl (C=O) groups is 1. The summed E-state index contributed by atoms with van der Waals surface area (Å²) in [6, 6.07) is 11.7. The van der Waals surface area contributed by atoms with Gasteiger partial charge in [0.2, 0.25) is 0 Å². The van der Waals surface area contributed by atoms with Crippen LogP contribution in [0.1, 0.15) is 47.6 Å². The second-order valence-electron chi connectivity index (χ2n) is 5.92. The Morgan fingerprint density at radius 3 is 2.79 bits per heavy atom.